The molecule has 2 aliphatic heterocycles. The zero-order valence-corrected chi connectivity index (χ0v) is 5.78. The number of hydrogen-bond donors (Lipinski definition) is 0. The van der Waals surface area contributed by atoms with E-state index in [1.54, 1.807) is 10.9 Å². The van der Waals surface area contributed by atoms with Crippen molar-refractivity contribution in [3.05, 3.63) is 10.9 Å². The SMILES string of the molecule is CC(C)(C)C1=C2CB21. The van der Waals surface area contributed by atoms with Crippen molar-refractivity contribution < 1.29 is 0 Å². The molecule has 0 radical (unpaired) electrons. The maximum absolute atomic E-state index is 2.31. The molecule has 0 unspecified atom stereocenters. The van der Waals surface area contributed by atoms with Crippen molar-refractivity contribution in [2.75, 3.05) is 0 Å². The highest BCUT2D eigenvalue weighted by molar-refractivity contribution is 6.98. The van der Waals surface area contributed by atoms with Crippen LogP contribution in [-0.4, -0.2) is 6.71 Å². The van der Waals surface area contributed by atoms with Gasteiger partial charge >= 0.3 is 0 Å². The fourth-order valence-electron chi connectivity index (χ4n) is 1.57. The minimum Gasteiger partial charge on any atom is -0.110 e. The van der Waals surface area contributed by atoms with E-state index in [2.05, 4.69) is 20.8 Å². The second-order valence-corrected chi connectivity index (χ2v) is 3.95. The fraction of sp³-hybridized carbons (Fsp3) is 0.714. The van der Waals surface area contributed by atoms with Gasteiger partial charge in [0.1, 0.15) is 0 Å². The molecular formula is C7H11B. The normalized spacial score (nSPS) is 23.6. The van der Waals surface area contributed by atoms with Gasteiger partial charge in [0.2, 0.25) is 0 Å². The van der Waals surface area contributed by atoms with Crippen molar-refractivity contribution in [1.82, 2.24) is 0 Å². The van der Waals surface area contributed by atoms with E-state index in [0.29, 0.717) is 5.41 Å². The van der Waals surface area contributed by atoms with Gasteiger partial charge in [0, 0.05) is 0 Å². The first-order valence-corrected chi connectivity index (χ1v) is 3.34. The molecule has 0 saturated carbocycles. The van der Waals surface area contributed by atoms with Crippen LogP contribution in [0.3, 0.4) is 0 Å². The van der Waals surface area contributed by atoms with E-state index in [1.807, 2.05) is 0 Å². The van der Waals surface area contributed by atoms with Gasteiger partial charge in [0.05, 0.1) is 0 Å². The Morgan fingerprint density at radius 3 is 1.88 bits per heavy atom. The summed E-state index contributed by atoms with van der Waals surface area (Å²) in [5, 5.41) is 0. The largest absolute Gasteiger partial charge is 0.200 e. The van der Waals surface area contributed by atoms with Gasteiger partial charge in [-0.25, -0.2) is 0 Å². The average Bonchev–Trinajstić information content (AvgIpc) is 1.94. The van der Waals surface area contributed by atoms with Crippen LogP contribution >= 0.6 is 0 Å². The van der Waals surface area contributed by atoms with Gasteiger partial charge in [-0.15, -0.1) is 5.47 Å². The molecule has 0 spiro atoms. The summed E-state index contributed by atoms with van der Waals surface area (Å²) in [4.78, 5) is 0. The zero-order chi connectivity index (χ0) is 5.94. The van der Waals surface area contributed by atoms with Gasteiger partial charge in [-0.2, -0.15) is 0 Å². The van der Waals surface area contributed by atoms with Crippen molar-refractivity contribution in [2.24, 2.45) is 5.41 Å². The lowest BCUT2D eigenvalue weighted by atomic mass is 9.67. The number of rotatable bonds is 0. The Kier molecular flexibility index (Phi) is 0.535. The number of hydrogen-bond acceptors (Lipinski definition) is 0. The van der Waals surface area contributed by atoms with Crippen LogP contribution in [0.4, 0.5) is 0 Å². The molecule has 2 rings (SSSR count). The molecule has 0 bridgehead atoms. The maximum atomic E-state index is 2.31. The zero-order valence-electron chi connectivity index (χ0n) is 5.78. The third-order valence-electron chi connectivity index (χ3n) is 2.10. The van der Waals surface area contributed by atoms with Crippen LogP contribution in [0.25, 0.3) is 0 Å². The molecule has 0 aromatic heterocycles. The van der Waals surface area contributed by atoms with Gasteiger partial charge in [0.25, 0.3) is 0 Å². The second-order valence-electron chi connectivity index (χ2n) is 3.95. The van der Waals surface area contributed by atoms with E-state index in [0.717, 1.165) is 6.71 Å². The molecule has 0 atom stereocenters. The van der Waals surface area contributed by atoms with Gasteiger partial charge in [-0.3, -0.25) is 0 Å². The summed E-state index contributed by atoms with van der Waals surface area (Å²) in [5.74, 6) is 0. The summed E-state index contributed by atoms with van der Waals surface area (Å²) in [7, 11) is 0. The van der Waals surface area contributed by atoms with Gasteiger partial charge in [0.15, 0.2) is 6.71 Å². The van der Waals surface area contributed by atoms with Gasteiger partial charge in [-0.1, -0.05) is 32.6 Å². The summed E-state index contributed by atoms with van der Waals surface area (Å²) in [6.45, 7) is 7.93. The molecule has 0 aromatic carbocycles. The summed E-state index contributed by atoms with van der Waals surface area (Å²) in [6.07, 6.45) is 1.44. The highest BCUT2D eigenvalue weighted by Crippen LogP contribution is 2.59. The number of allylic oxidation sites excluding steroid dienone is 2. The molecular weight excluding hydrogens is 94.9 g/mol. The summed E-state index contributed by atoms with van der Waals surface area (Å²) in [5.41, 5.74) is 4.05. The Labute approximate surface area is 51.1 Å². The minimum absolute atomic E-state index is 0.512. The molecule has 8 heavy (non-hydrogen) atoms. The predicted molar refractivity (Wildman–Crippen MR) is 37.0 cm³/mol. The van der Waals surface area contributed by atoms with Crippen LogP contribution in [0.5, 0.6) is 0 Å². The highest BCUT2D eigenvalue weighted by Gasteiger charge is 2.57. The van der Waals surface area contributed by atoms with E-state index < -0.39 is 0 Å². The van der Waals surface area contributed by atoms with Gasteiger partial charge < -0.3 is 0 Å². The molecule has 0 amide bonds. The standard InChI is InChI=1S/C7H11B/c1-7(2,3)6-5-4-8(5)6/h4H2,1-3H3. The third-order valence-corrected chi connectivity index (χ3v) is 2.10. The summed E-state index contributed by atoms with van der Waals surface area (Å²) in [6, 6.07) is 0. The highest BCUT2D eigenvalue weighted by atomic mass is 14.4. The first-order chi connectivity index (χ1) is 3.61. The van der Waals surface area contributed by atoms with Crippen LogP contribution < -0.4 is 0 Å². The second kappa shape index (κ2) is 0.918. The smallest absolute Gasteiger partial charge is 0.110 e. The van der Waals surface area contributed by atoms with E-state index in [1.165, 1.54) is 6.32 Å². The fourth-order valence-corrected chi connectivity index (χ4v) is 1.57. The summed E-state index contributed by atoms with van der Waals surface area (Å²) < 4.78 is 0. The molecule has 0 aliphatic carbocycles. The molecule has 2 aliphatic rings. The Morgan fingerprint density at radius 1 is 1.38 bits per heavy atom. The van der Waals surface area contributed by atoms with E-state index in [-0.39, 0.29) is 0 Å². The van der Waals surface area contributed by atoms with E-state index >= 15 is 0 Å². The third kappa shape index (κ3) is 0.423. The molecule has 0 aromatic rings. The van der Waals surface area contributed by atoms with Gasteiger partial charge in [-0.05, 0) is 5.41 Å². The molecule has 2 heterocycles. The topological polar surface area (TPSA) is 0 Å². The lowest BCUT2D eigenvalue weighted by Crippen LogP contribution is -2.07. The molecule has 1 heteroatoms. The van der Waals surface area contributed by atoms with Crippen LogP contribution in [0.15, 0.2) is 10.9 Å². The van der Waals surface area contributed by atoms with Crippen molar-refractivity contribution in [3.63, 3.8) is 0 Å². The quantitative estimate of drug-likeness (QED) is 0.414. The van der Waals surface area contributed by atoms with Crippen LogP contribution in [0.2, 0.25) is 6.32 Å². The number of fused-ring (bicyclic) bond motifs is 1. The molecule has 0 N–H and O–H groups in total. The maximum Gasteiger partial charge on any atom is 0.200 e. The Hall–Kier alpha value is -0.195. The predicted octanol–water partition coefficient (Wildman–Crippen LogP) is 1.93. The monoisotopic (exact) mass is 106 g/mol. The Bertz CT molecular complexity index is 171. The molecule has 0 nitrogen and oxygen atoms in total. The average molecular weight is 106 g/mol. The van der Waals surface area contributed by atoms with Crippen molar-refractivity contribution in [1.29, 1.82) is 0 Å². The Balaban J connectivity index is 2.20. The van der Waals surface area contributed by atoms with Crippen LogP contribution in [-0.2, 0) is 0 Å². The van der Waals surface area contributed by atoms with E-state index in [9.17, 15) is 0 Å². The van der Waals surface area contributed by atoms with Crippen LogP contribution in [0.1, 0.15) is 20.8 Å². The lowest BCUT2D eigenvalue weighted by molar-refractivity contribution is 0.532. The first kappa shape index (κ1) is 4.66. The molecule has 42 valence electrons. The Morgan fingerprint density at radius 2 is 1.88 bits per heavy atom. The van der Waals surface area contributed by atoms with Crippen molar-refractivity contribution in [2.45, 2.75) is 27.1 Å². The van der Waals surface area contributed by atoms with E-state index in [4.69, 9.17) is 0 Å². The lowest BCUT2D eigenvalue weighted by Gasteiger charge is -2.16. The molecule has 1 fully saturated rings. The minimum atomic E-state index is 0.512. The van der Waals surface area contributed by atoms with Crippen LogP contribution in [0, 0.1) is 5.41 Å². The molecule has 1 saturated heterocycles. The summed E-state index contributed by atoms with van der Waals surface area (Å²) >= 11 is 0. The van der Waals surface area contributed by atoms with Crippen molar-refractivity contribution >= 4 is 6.71 Å². The van der Waals surface area contributed by atoms with Crippen molar-refractivity contribution in [3.8, 4) is 0 Å². The first-order valence-electron chi connectivity index (χ1n) is 3.34.